The van der Waals surface area contributed by atoms with E-state index in [4.69, 9.17) is 4.42 Å². The number of carbonyl (C=O) groups excluding carboxylic acids is 1. The quantitative estimate of drug-likeness (QED) is 0.916. The molecule has 0 aromatic carbocycles. The van der Waals surface area contributed by atoms with Gasteiger partial charge in [-0.15, -0.1) is 0 Å². The number of aromatic nitrogens is 2. The van der Waals surface area contributed by atoms with Crippen molar-refractivity contribution in [3.8, 4) is 0 Å². The number of hydrogen-bond acceptors (Lipinski definition) is 4. The van der Waals surface area contributed by atoms with Crippen LogP contribution >= 0.6 is 0 Å². The van der Waals surface area contributed by atoms with E-state index in [-0.39, 0.29) is 11.9 Å². The van der Waals surface area contributed by atoms with Gasteiger partial charge in [0.25, 0.3) is 0 Å². The second-order valence-corrected chi connectivity index (χ2v) is 6.28. The van der Waals surface area contributed by atoms with Crippen LogP contribution in [0, 0.1) is 12.8 Å². The molecule has 124 valence electrons. The topological polar surface area (TPSA) is 63.3 Å². The lowest BCUT2D eigenvalue weighted by Gasteiger charge is -2.38. The van der Waals surface area contributed by atoms with Crippen molar-refractivity contribution in [3.63, 3.8) is 0 Å². The summed E-state index contributed by atoms with van der Waals surface area (Å²) in [6.45, 7) is 3.60. The maximum absolute atomic E-state index is 12.1. The summed E-state index contributed by atoms with van der Waals surface area (Å²) in [6, 6.07) is 2.02. The van der Waals surface area contributed by atoms with Crippen LogP contribution in [0.15, 0.2) is 29.1 Å². The molecule has 1 amide bonds. The minimum atomic E-state index is 0.0224. The highest BCUT2D eigenvalue weighted by Crippen LogP contribution is 2.34. The highest BCUT2D eigenvalue weighted by molar-refractivity contribution is 5.77. The fourth-order valence-electron chi connectivity index (χ4n) is 3.36. The van der Waals surface area contributed by atoms with Crippen LogP contribution in [0.25, 0.3) is 0 Å². The summed E-state index contributed by atoms with van der Waals surface area (Å²) in [5, 5.41) is 3.51. The average molecular weight is 316 g/mol. The van der Waals surface area contributed by atoms with Crippen molar-refractivity contribution >= 4 is 5.91 Å². The lowest BCUT2D eigenvalue weighted by Crippen LogP contribution is -2.44. The molecule has 23 heavy (non-hydrogen) atoms. The largest absolute Gasteiger partial charge is 0.469 e. The highest BCUT2D eigenvalue weighted by Gasteiger charge is 2.36. The molecule has 6 nitrogen and oxygen atoms in total. The fourth-order valence-corrected chi connectivity index (χ4v) is 3.36. The molecule has 0 aliphatic carbocycles. The minimum Gasteiger partial charge on any atom is -0.469 e. The molecule has 0 spiro atoms. The first-order chi connectivity index (χ1) is 11.1. The normalized spacial score (nSPS) is 21.9. The van der Waals surface area contributed by atoms with Crippen LogP contribution in [0.5, 0.6) is 0 Å². The molecule has 2 aromatic heterocycles. The third-order valence-corrected chi connectivity index (χ3v) is 4.80. The van der Waals surface area contributed by atoms with E-state index in [1.54, 1.807) is 12.5 Å². The number of nitrogens with one attached hydrogen (secondary N) is 1. The molecule has 2 atom stereocenters. The first-order valence-electron chi connectivity index (χ1n) is 8.04. The van der Waals surface area contributed by atoms with Gasteiger partial charge in [0.1, 0.15) is 11.6 Å². The van der Waals surface area contributed by atoms with E-state index in [0.29, 0.717) is 12.3 Å². The number of carbonyl (C=O) groups is 1. The number of nitrogens with zero attached hydrogens (tertiary/aromatic N) is 3. The Morgan fingerprint density at radius 2 is 2.26 bits per heavy atom. The van der Waals surface area contributed by atoms with Crippen molar-refractivity contribution in [2.24, 2.45) is 13.0 Å². The van der Waals surface area contributed by atoms with Gasteiger partial charge in [0.05, 0.1) is 12.3 Å². The molecule has 1 N–H and O–H groups in total. The molecule has 0 radical (unpaired) electrons. The van der Waals surface area contributed by atoms with Gasteiger partial charge >= 0.3 is 0 Å². The Bertz CT molecular complexity index is 676. The van der Waals surface area contributed by atoms with Gasteiger partial charge in [-0.2, -0.15) is 0 Å². The first kappa shape index (κ1) is 15.8. The van der Waals surface area contributed by atoms with Crippen LogP contribution < -0.4 is 5.32 Å². The van der Waals surface area contributed by atoms with Gasteiger partial charge in [-0.3, -0.25) is 4.79 Å². The molecule has 2 aromatic rings. The van der Waals surface area contributed by atoms with Crippen LogP contribution in [0.3, 0.4) is 0 Å². The van der Waals surface area contributed by atoms with Gasteiger partial charge in [-0.1, -0.05) is 0 Å². The molecule has 1 fully saturated rings. The maximum Gasteiger partial charge on any atom is 0.222 e. The summed E-state index contributed by atoms with van der Waals surface area (Å²) in [4.78, 5) is 18.4. The van der Waals surface area contributed by atoms with Gasteiger partial charge in [0.2, 0.25) is 5.91 Å². The van der Waals surface area contributed by atoms with E-state index in [0.717, 1.165) is 31.1 Å². The second-order valence-electron chi connectivity index (χ2n) is 6.28. The molecule has 1 aliphatic heterocycles. The molecule has 1 saturated heterocycles. The van der Waals surface area contributed by atoms with Gasteiger partial charge < -0.3 is 19.2 Å². The van der Waals surface area contributed by atoms with Crippen molar-refractivity contribution in [2.45, 2.75) is 32.4 Å². The van der Waals surface area contributed by atoms with Gasteiger partial charge in [0, 0.05) is 51.6 Å². The number of amides is 1. The molecule has 0 saturated carbocycles. The number of likely N-dealkylation sites (tertiary alicyclic amines) is 1. The summed E-state index contributed by atoms with van der Waals surface area (Å²) in [5.74, 6) is 2.45. The number of piperidine rings is 1. The van der Waals surface area contributed by atoms with Crippen molar-refractivity contribution < 1.29 is 9.21 Å². The van der Waals surface area contributed by atoms with E-state index in [9.17, 15) is 4.79 Å². The van der Waals surface area contributed by atoms with Crippen molar-refractivity contribution in [1.82, 2.24) is 19.8 Å². The predicted molar refractivity (Wildman–Crippen MR) is 86.6 cm³/mol. The van der Waals surface area contributed by atoms with Crippen LogP contribution in [-0.4, -0.2) is 34.0 Å². The lowest BCUT2D eigenvalue weighted by atomic mass is 9.88. The Morgan fingerprint density at radius 1 is 1.43 bits per heavy atom. The molecule has 1 aliphatic rings. The molecule has 0 unspecified atom stereocenters. The summed E-state index contributed by atoms with van der Waals surface area (Å²) >= 11 is 0. The van der Waals surface area contributed by atoms with Crippen molar-refractivity contribution in [1.29, 1.82) is 0 Å². The van der Waals surface area contributed by atoms with E-state index in [1.807, 2.05) is 42.7 Å². The summed E-state index contributed by atoms with van der Waals surface area (Å²) < 4.78 is 7.33. The zero-order valence-electron chi connectivity index (χ0n) is 14.0. The van der Waals surface area contributed by atoms with E-state index in [2.05, 4.69) is 10.3 Å². The molecule has 3 heterocycles. The van der Waals surface area contributed by atoms with Crippen LogP contribution in [0.2, 0.25) is 0 Å². The lowest BCUT2D eigenvalue weighted by molar-refractivity contribution is -0.137. The van der Waals surface area contributed by atoms with E-state index in [1.165, 1.54) is 5.56 Å². The fraction of sp³-hybridized carbons (Fsp3) is 0.529. The molecule has 6 heteroatoms. The number of rotatable bonds is 5. The summed E-state index contributed by atoms with van der Waals surface area (Å²) in [5.41, 5.74) is 1.18. The Labute approximate surface area is 136 Å². The van der Waals surface area contributed by atoms with Crippen LogP contribution in [0.1, 0.15) is 36.0 Å². The first-order valence-corrected chi connectivity index (χ1v) is 8.04. The second kappa shape index (κ2) is 6.58. The van der Waals surface area contributed by atoms with E-state index < -0.39 is 0 Å². The summed E-state index contributed by atoms with van der Waals surface area (Å²) in [7, 11) is 3.86. The minimum absolute atomic E-state index is 0.0224. The van der Waals surface area contributed by atoms with Crippen LogP contribution in [0.4, 0.5) is 0 Å². The summed E-state index contributed by atoms with van der Waals surface area (Å²) in [6.07, 6.45) is 6.94. The number of hydrogen-bond donors (Lipinski definition) is 1. The zero-order valence-corrected chi connectivity index (χ0v) is 14.0. The van der Waals surface area contributed by atoms with Gasteiger partial charge in [-0.05, 0) is 25.3 Å². The predicted octanol–water partition coefficient (Wildman–Crippen LogP) is 2.02. The average Bonchev–Trinajstić information content (AvgIpc) is 3.12. The molecular formula is C17H24N4O2. The Kier molecular flexibility index (Phi) is 4.52. The monoisotopic (exact) mass is 316 g/mol. The molecular weight excluding hydrogens is 292 g/mol. The SMILES string of the molecule is Cc1occc1CNC[C@H]1CCC(=O)N(C)[C@@H]1c1nccn1C. The maximum atomic E-state index is 12.1. The van der Waals surface area contributed by atoms with Gasteiger partial charge in [-0.25, -0.2) is 4.98 Å². The third-order valence-electron chi connectivity index (χ3n) is 4.80. The Hall–Kier alpha value is -2.08. The number of aryl methyl sites for hydroxylation is 2. The number of imidazole rings is 1. The third kappa shape index (κ3) is 3.17. The standard InChI is InChI=1S/C17H24N4O2/c1-12-13(6-9-23-12)10-18-11-14-4-5-15(22)21(3)16(14)17-19-7-8-20(17)2/h6-9,14,16,18H,4-5,10-11H2,1-3H3/t14-,16+/m1/s1. The molecule has 0 bridgehead atoms. The highest BCUT2D eigenvalue weighted by atomic mass is 16.3. The smallest absolute Gasteiger partial charge is 0.222 e. The van der Waals surface area contributed by atoms with Crippen LogP contribution in [-0.2, 0) is 18.4 Å². The van der Waals surface area contributed by atoms with Gasteiger partial charge in [0.15, 0.2) is 0 Å². The molecule has 3 rings (SSSR count). The Balaban J connectivity index is 1.70. The number of furan rings is 1. The van der Waals surface area contributed by atoms with Crippen molar-refractivity contribution in [2.75, 3.05) is 13.6 Å². The van der Waals surface area contributed by atoms with E-state index >= 15 is 0 Å². The zero-order chi connectivity index (χ0) is 16.4. The van der Waals surface area contributed by atoms with Crippen molar-refractivity contribution in [3.05, 3.63) is 41.9 Å². The Morgan fingerprint density at radius 3 is 2.91 bits per heavy atom.